The first kappa shape index (κ1) is 19.5. The number of amides is 1. The molecule has 5 rings (SSSR count). The van der Waals surface area contributed by atoms with Crippen LogP contribution < -0.4 is 0 Å². The fraction of sp³-hybridized carbons (Fsp3) is 0.278. The number of carbonyl (C=O) groups is 1. The van der Waals surface area contributed by atoms with Gasteiger partial charge in [0.25, 0.3) is 5.91 Å². The van der Waals surface area contributed by atoms with Crippen molar-refractivity contribution in [3.05, 3.63) is 64.5 Å². The number of aryl methyl sites for hydroxylation is 1. The van der Waals surface area contributed by atoms with E-state index in [2.05, 4.69) is 25.1 Å². The lowest BCUT2D eigenvalue weighted by molar-refractivity contribution is -0.142. The van der Waals surface area contributed by atoms with E-state index < -0.39 is 23.8 Å². The largest absolute Gasteiger partial charge is 0.433 e. The third kappa shape index (κ3) is 3.14. The van der Waals surface area contributed by atoms with Gasteiger partial charge in [0, 0.05) is 25.7 Å². The van der Waals surface area contributed by atoms with Gasteiger partial charge in [-0.2, -0.15) is 23.3 Å². The third-order valence-electron chi connectivity index (χ3n) is 5.19. The number of nitrogens with zero attached hydrogens (tertiary/aromatic N) is 7. The van der Waals surface area contributed by atoms with E-state index in [1.807, 2.05) is 0 Å². The Morgan fingerprint density at radius 1 is 1.29 bits per heavy atom. The molecule has 1 atom stereocenters. The molecule has 9 nitrogen and oxygen atoms in total. The molecule has 1 amide bonds. The lowest BCUT2D eigenvalue weighted by Crippen LogP contribution is -2.42. The summed E-state index contributed by atoms with van der Waals surface area (Å²) in [5, 5.41) is 8.02. The average Bonchev–Trinajstić information content (AvgIpc) is 3.42. The number of imidazole rings is 1. The van der Waals surface area contributed by atoms with Crippen molar-refractivity contribution in [2.75, 3.05) is 6.54 Å². The van der Waals surface area contributed by atoms with E-state index >= 15 is 0 Å². The molecule has 5 heterocycles. The molecule has 0 spiro atoms. The molecule has 0 fully saturated rings. The minimum atomic E-state index is -4.59. The number of carbonyl (C=O) groups excluding carboxylic acids is 1. The van der Waals surface area contributed by atoms with Gasteiger partial charge in [0.05, 0.1) is 23.2 Å². The fourth-order valence-electron chi connectivity index (χ4n) is 3.85. The number of alkyl halides is 3. The van der Waals surface area contributed by atoms with Crippen molar-refractivity contribution in [3.8, 4) is 0 Å². The highest BCUT2D eigenvalue weighted by molar-refractivity contribution is 6.28. The second-order valence-corrected chi connectivity index (χ2v) is 7.40. The number of hydrogen-bond acceptors (Lipinski definition) is 5. The summed E-state index contributed by atoms with van der Waals surface area (Å²) in [6, 6.07) is 4.51. The second-order valence-electron chi connectivity index (χ2n) is 7.06. The topological polar surface area (TPSA) is 97.0 Å². The monoisotopic (exact) mass is 450 g/mol. The molecule has 1 aliphatic rings. The molecule has 0 unspecified atom stereocenters. The Kier molecular flexibility index (Phi) is 4.29. The van der Waals surface area contributed by atoms with E-state index in [1.165, 1.54) is 41.2 Å². The maximum atomic E-state index is 13.5. The lowest BCUT2D eigenvalue weighted by atomic mass is 9.99. The predicted molar refractivity (Wildman–Crippen MR) is 101 cm³/mol. The number of aromatic amines is 1. The number of fused-ring (bicyclic) bond motifs is 2. The van der Waals surface area contributed by atoms with E-state index in [0.29, 0.717) is 12.1 Å². The van der Waals surface area contributed by atoms with Crippen molar-refractivity contribution in [2.24, 2.45) is 7.05 Å². The van der Waals surface area contributed by atoms with E-state index in [0.717, 1.165) is 16.3 Å². The zero-order valence-corrected chi connectivity index (χ0v) is 16.7. The van der Waals surface area contributed by atoms with Crippen molar-refractivity contribution in [1.82, 2.24) is 39.2 Å². The zero-order chi connectivity index (χ0) is 21.9. The van der Waals surface area contributed by atoms with Crippen LogP contribution in [0, 0.1) is 0 Å². The van der Waals surface area contributed by atoms with Crippen molar-refractivity contribution < 1.29 is 18.0 Å². The smallest absolute Gasteiger partial charge is 0.348 e. The maximum Gasteiger partial charge on any atom is 0.433 e. The quantitative estimate of drug-likeness (QED) is 0.506. The fourth-order valence-corrected chi connectivity index (χ4v) is 4.04. The summed E-state index contributed by atoms with van der Waals surface area (Å²) >= 11 is 5.83. The minimum Gasteiger partial charge on any atom is -0.348 e. The highest BCUT2D eigenvalue weighted by atomic mass is 35.5. The van der Waals surface area contributed by atoms with Crippen molar-refractivity contribution >= 4 is 23.0 Å². The maximum absolute atomic E-state index is 13.5. The van der Waals surface area contributed by atoms with Crippen LogP contribution in [0.3, 0.4) is 0 Å². The highest BCUT2D eigenvalue weighted by Crippen LogP contribution is 2.36. The van der Waals surface area contributed by atoms with Crippen LogP contribution in [0.5, 0.6) is 0 Å². The van der Waals surface area contributed by atoms with Crippen LogP contribution in [0.15, 0.2) is 30.6 Å². The molecule has 160 valence electrons. The first-order valence-electron chi connectivity index (χ1n) is 9.19. The molecule has 4 aromatic rings. The molecule has 0 saturated carbocycles. The normalized spacial score (nSPS) is 16.7. The van der Waals surface area contributed by atoms with Crippen LogP contribution in [0.25, 0.3) is 5.52 Å². The summed E-state index contributed by atoms with van der Waals surface area (Å²) in [5.74, 6) is -0.470. The number of pyridine rings is 1. The van der Waals surface area contributed by atoms with Crippen molar-refractivity contribution in [3.63, 3.8) is 0 Å². The van der Waals surface area contributed by atoms with Gasteiger partial charge in [0.1, 0.15) is 11.7 Å². The van der Waals surface area contributed by atoms with E-state index in [4.69, 9.17) is 11.6 Å². The molecule has 0 aliphatic carbocycles. The molecular weight excluding hydrogens is 437 g/mol. The van der Waals surface area contributed by atoms with Gasteiger partial charge in [0.2, 0.25) is 11.1 Å². The molecule has 0 radical (unpaired) electrons. The van der Waals surface area contributed by atoms with Crippen LogP contribution in [0.1, 0.15) is 39.4 Å². The lowest BCUT2D eigenvalue weighted by Gasteiger charge is -2.33. The standard InChI is InChI=1S/C18H14ClF3N8O/c1-28-15(25-17(19)27-28)16(31)29-6-5-10-13(24-8-23-10)14(29)11-7-9-3-2-4-12(18(20,21)22)30(9)26-11/h2-4,7-8,14H,5-6H2,1H3,(H,23,24)/t14-/m1/s1. The van der Waals surface area contributed by atoms with Gasteiger partial charge in [-0.25, -0.2) is 14.2 Å². The summed E-state index contributed by atoms with van der Waals surface area (Å²) in [4.78, 5) is 26.1. The van der Waals surface area contributed by atoms with Crippen LogP contribution in [-0.2, 0) is 19.6 Å². The average molecular weight is 451 g/mol. The van der Waals surface area contributed by atoms with Gasteiger partial charge >= 0.3 is 6.18 Å². The van der Waals surface area contributed by atoms with E-state index in [1.54, 1.807) is 0 Å². The number of H-pyrrole nitrogens is 1. The number of hydrogen-bond donors (Lipinski definition) is 1. The number of aromatic nitrogens is 7. The Labute approximate surface area is 177 Å². The molecule has 0 aromatic carbocycles. The predicted octanol–water partition coefficient (Wildman–Crippen LogP) is 2.65. The second kappa shape index (κ2) is 6.80. The molecule has 31 heavy (non-hydrogen) atoms. The molecular formula is C18H14ClF3N8O. The molecule has 0 saturated heterocycles. The van der Waals surface area contributed by atoms with Crippen molar-refractivity contribution in [1.29, 1.82) is 0 Å². The summed E-state index contributed by atoms with van der Waals surface area (Å²) in [6.07, 6.45) is -2.61. The van der Waals surface area contributed by atoms with E-state index in [9.17, 15) is 18.0 Å². The van der Waals surface area contributed by atoms with Gasteiger partial charge in [-0.3, -0.25) is 4.79 Å². The summed E-state index contributed by atoms with van der Waals surface area (Å²) in [7, 11) is 1.53. The van der Waals surface area contributed by atoms with Gasteiger partial charge in [0.15, 0.2) is 0 Å². The highest BCUT2D eigenvalue weighted by Gasteiger charge is 2.39. The van der Waals surface area contributed by atoms with Crippen LogP contribution in [0.4, 0.5) is 13.2 Å². The Bertz CT molecular complexity index is 1310. The molecule has 13 heteroatoms. The minimum absolute atomic E-state index is 0.00808. The van der Waals surface area contributed by atoms with Crippen LogP contribution in [-0.4, -0.2) is 51.7 Å². The molecule has 4 aromatic heterocycles. The Balaban J connectivity index is 1.66. The van der Waals surface area contributed by atoms with Gasteiger partial charge < -0.3 is 9.88 Å². The number of rotatable bonds is 2. The van der Waals surface area contributed by atoms with Gasteiger partial charge in [-0.15, -0.1) is 5.10 Å². The Morgan fingerprint density at radius 2 is 2.10 bits per heavy atom. The Hall–Kier alpha value is -3.41. The summed E-state index contributed by atoms with van der Waals surface area (Å²) in [5.41, 5.74) is 0.906. The summed E-state index contributed by atoms with van der Waals surface area (Å²) < 4.78 is 42.5. The zero-order valence-electron chi connectivity index (χ0n) is 15.9. The molecule has 0 bridgehead atoms. The van der Waals surface area contributed by atoms with Crippen LogP contribution in [0.2, 0.25) is 5.28 Å². The number of nitrogens with one attached hydrogen (secondary N) is 1. The molecule has 1 aliphatic heterocycles. The number of halogens is 4. The van der Waals surface area contributed by atoms with Crippen LogP contribution >= 0.6 is 11.6 Å². The first-order valence-corrected chi connectivity index (χ1v) is 9.57. The molecule has 1 N–H and O–H groups in total. The Morgan fingerprint density at radius 3 is 2.81 bits per heavy atom. The van der Waals surface area contributed by atoms with E-state index in [-0.39, 0.29) is 28.9 Å². The van der Waals surface area contributed by atoms with Gasteiger partial charge in [-0.05, 0) is 29.8 Å². The third-order valence-corrected chi connectivity index (χ3v) is 5.35. The van der Waals surface area contributed by atoms with Gasteiger partial charge in [-0.1, -0.05) is 6.07 Å². The SMILES string of the molecule is Cn1nc(Cl)nc1C(=O)N1CCc2[nH]cnc2[C@H]1c1cc2cccc(C(F)(F)F)n2n1. The summed E-state index contributed by atoms with van der Waals surface area (Å²) in [6.45, 7) is 0.281. The van der Waals surface area contributed by atoms with Crippen molar-refractivity contribution in [2.45, 2.75) is 18.6 Å². The first-order chi connectivity index (χ1) is 14.7.